The maximum atomic E-state index is 14.0. The Morgan fingerprint density at radius 3 is 2.45 bits per heavy atom. The summed E-state index contributed by atoms with van der Waals surface area (Å²) in [4.78, 5) is -0.178. The molecule has 0 aliphatic carbocycles. The van der Waals surface area contributed by atoms with Crippen LogP contribution in [0, 0.1) is 5.82 Å². The predicted octanol–water partition coefficient (Wildman–Crippen LogP) is 6.09. The Morgan fingerprint density at radius 2 is 1.80 bits per heavy atom. The lowest BCUT2D eigenvalue weighted by atomic mass is 9.95. The predicted molar refractivity (Wildman–Crippen MR) is 87.4 cm³/mol. The van der Waals surface area contributed by atoms with Gasteiger partial charge in [-0.05, 0) is 47.7 Å². The van der Waals surface area contributed by atoms with Crippen LogP contribution < -0.4 is 0 Å². The summed E-state index contributed by atoms with van der Waals surface area (Å²) in [6.45, 7) is 4.23. The van der Waals surface area contributed by atoms with Gasteiger partial charge in [-0.25, -0.2) is 4.39 Å². The molecular weight excluding hydrogens is 339 g/mol. The van der Waals surface area contributed by atoms with Gasteiger partial charge in [0.2, 0.25) is 0 Å². The van der Waals surface area contributed by atoms with E-state index in [1.54, 1.807) is 12.1 Å². The first-order valence-electron chi connectivity index (χ1n) is 6.77. The van der Waals surface area contributed by atoms with Gasteiger partial charge in [0, 0.05) is 10.6 Å². The van der Waals surface area contributed by atoms with Crippen LogP contribution in [0.3, 0.4) is 0 Å². The largest absolute Gasteiger partial charge is 0.207 e. The molecule has 0 heterocycles. The van der Waals surface area contributed by atoms with E-state index >= 15 is 0 Å². The molecule has 0 nitrogen and oxygen atoms in total. The quantitative estimate of drug-likeness (QED) is 0.582. The minimum Gasteiger partial charge on any atom is -0.207 e. The van der Waals surface area contributed by atoms with Crippen LogP contribution in [0.25, 0.3) is 0 Å². The molecule has 0 saturated heterocycles. The lowest BCUT2D eigenvalue weighted by Crippen LogP contribution is -2.02. The lowest BCUT2D eigenvalue weighted by Gasteiger charge is -2.17. The van der Waals surface area contributed by atoms with E-state index < -0.39 is 0 Å². The monoisotopic (exact) mass is 354 g/mol. The standard InChI is InChI=1S/C17H17BrClF/c1-3-11-5-6-12(4-2)14(9-11)17(18)15-10-13(19)7-8-16(15)20/h5-10,17H,3-4H2,1-2H3. The Hall–Kier alpha value is -0.860. The van der Waals surface area contributed by atoms with Gasteiger partial charge >= 0.3 is 0 Å². The first-order valence-corrected chi connectivity index (χ1v) is 8.06. The Morgan fingerprint density at radius 1 is 1.05 bits per heavy atom. The van der Waals surface area contributed by atoms with Crippen LogP contribution in [0.5, 0.6) is 0 Å². The van der Waals surface area contributed by atoms with Crippen molar-refractivity contribution in [3.05, 3.63) is 69.5 Å². The molecule has 2 aromatic carbocycles. The number of hydrogen-bond acceptors (Lipinski definition) is 0. The number of halogens is 3. The van der Waals surface area contributed by atoms with Crippen LogP contribution in [-0.4, -0.2) is 0 Å². The highest BCUT2D eigenvalue weighted by molar-refractivity contribution is 9.09. The molecule has 1 unspecified atom stereocenters. The van der Waals surface area contributed by atoms with Crippen molar-refractivity contribution in [3.8, 4) is 0 Å². The summed E-state index contributed by atoms with van der Waals surface area (Å²) in [5.41, 5.74) is 4.18. The van der Waals surface area contributed by atoms with Crippen molar-refractivity contribution in [1.29, 1.82) is 0 Å². The van der Waals surface area contributed by atoms with Crippen molar-refractivity contribution < 1.29 is 4.39 Å². The molecular formula is C17H17BrClF. The molecule has 0 aromatic heterocycles. The topological polar surface area (TPSA) is 0 Å². The highest BCUT2D eigenvalue weighted by Gasteiger charge is 2.18. The summed E-state index contributed by atoms with van der Waals surface area (Å²) in [5, 5.41) is 0.551. The minimum atomic E-state index is -0.236. The second-order valence-electron chi connectivity index (χ2n) is 4.77. The fraction of sp³-hybridized carbons (Fsp3) is 0.294. The molecule has 0 spiro atoms. The second kappa shape index (κ2) is 6.73. The number of hydrogen-bond donors (Lipinski definition) is 0. The van der Waals surface area contributed by atoms with Crippen molar-refractivity contribution in [3.63, 3.8) is 0 Å². The maximum Gasteiger partial charge on any atom is 0.127 e. The number of benzene rings is 2. The van der Waals surface area contributed by atoms with Gasteiger partial charge in [0.05, 0.1) is 4.83 Å². The van der Waals surface area contributed by atoms with Gasteiger partial charge in [-0.15, -0.1) is 0 Å². The molecule has 2 aromatic rings. The fourth-order valence-electron chi connectivity index (χ4n) is 2.30. The molecule has 106 valence electrons. The summed E-state index contributed by atoms with van der Waals surface area (Å²) in [6, 6.07) is 11.1. The van der Waals surface area contributed by atoms with Gasteiger partial charge in [0.25, 0.3) is 0 Å². The van der Waals surface area contributed by atoms with Gasteiger partial charge in [-0.3, -0.25) is 0 Å². The van der Waals surface area contributed by atoms with E-state index in [4.69, 9.17) is 11.6 Å². The third-order valence-corrected chi connectivity index (χ3v) is 4.73. The zero-order valence-electron chi connectivity index (χ0n) is 11.6. The van der Waals surface area contributed by atoms with Crippen LogP contribution in [0.1, 0.15) is 40.9 Å². The van der Waals surface area contributed by atoms with E-state index in [0.717, 1.165) is 18.4 Å². The van der Waals surface area contributed by atoms with Gasteiger partial charge < -0.3 is 0 Å². The van der Waals surface area contributed by atoms with E-state index in [-0.39, 0.29) is 10.6 Å². The summed E-state index contributed by atoms with van der Waals surface area (Å²) in [6.07, 6.45) is 1.89. The van der Waals surface area contributed by atoms with Crippen molar-refractivity contribution in [2.24, 2.45) is 0 Å². The van der Waals surface area contributed by atoms with Crippen LogP contribution in [0.15, 0.2) is 36.4 Å². The van der Waals surface area contributed by atoms with Crippen LogP contribution in [0.4, 0.5) is 4.39 Å². The molecule has 0 aliphatic heterocycles. The molecule has 2 rings (SSSR count). The summed E-state index contributed by atoms with van der Waals surface area (Å²) < 4.78 is 14.0. The first kappa shape index (κ1) is 15.5. The molecule has 0 aliphatic rings. The van der Waals surface area contributed by atoms with Crippen LogP contribution in [0.2, 0.25) is 5.02 Å². The molecule has 0 saturated carbocycles. The van der Waals surface area contributed by atoms with Crippen molar-refractivity contribution in [2.75, 3.05) is 0 Å². The third-order valence-electron chi connectivity index (χ3n) is 3.50. The maximum absolute atomic E-state index is 14.0. The molecule has 0 fully saturated rings. The fourth-order valence-corrected chi connectivity index (χ4v) is 3.26. The van der Waals surface area contributed by atoms with E-state index in [1.165, 1.54) is 17.2 Å². The Balaban J connectivity index is 2.51. The summed E-state index contributed by atoms with van der Waals surface area (Å²) in [5.74, 6) is -0.236. The Bertz CT molecular complexity index is 610. The third kappa shape index (κ3) is 3.24. The SMILES string of the molecule is CCc1ccc(CC)c(C(Br)c2cc(Cl)ccc2F)c1. The molecule has 0 bridgehead atoms. The summed E-state index contributed by atoms with van der Waals surface area (Å²) >= 11 is 9.63. The van der Waals surface area contributed by atoms with Gasteiger partial charge in [0.15, 0.2) is 0 Å². The van der Waals surface area contributed by atoms with E-state index in [2.05, 4.69) is 48.0 Å². The average Bonchev–Trinajstić information content (AvgIpc) is 2.48. The highest BCUT2D eigenvalue weighted by atomic mass is 79.9. The first-order chi connectivity index (χ1) is 9.56. The van der Waals surface area contributed by atoms with Crippen molar-refractivity contribution >= 4 is 27.5 Å². The van der Waals surface area contributed by atoms with E-state index in [1.807, 2.05) is 0 Å². The van der Waals surface area contributed by atoms with Crippen molar-refractivity contribution in [2.45, 2.75) is 31.5 Å². The molecule has 0 amide bonds. The molecule has 0 N–H and O–H groups in total. The molecule has 20 heavy (non-hydrogen) atoms. The van der Waals surface area contributed by atoms with E-state index in [9.17, 15) is 4.39 Å². The van der Waals surface area contributed by atoms with Gasteiger partial charge in [0.1, 0.15) is 5.82 Å². The second-order valence-corrected chi connectivity index (χ2v) is 6.12. The summed E-state index contributed by atoms with van der Waals surface area (Å²) in [7, 11) is 0. The highest BCUT2D eigenvalue weighted by Crippen LogP contribution is 2.36. The van der Waals surface area contributed by atoms with E-state index in [0.29, 0.717) is 10.6 Å². The zero-order chi connectivity index (χ0) is 14.7. The van der Waals surface area contributed by atoms with Crippen LogP contribution in [-0.2, 0) is 12.8 Å². The number of aryl methyl sites for hydroxylation is 2. The molecule has 0 radical (unpaired) electrons. The lowest BCUT2D eigenvalue weighted by molar-refractivity contribution is 0.613. The van der Waals surface area contributed by atoms with Gasteiger partial charge in [-0.2, -0.15) is 0 Å². The normalized spacial score (nSPS) is 12.4. The number of rotatable bonds is 4. The smallest absolute Gasteiger partial charge is 0.127 e. The Kier molecular flexibility index (Phi) is 5.22. The van der Waals surface area contributed by atoms with Gasteiger partial charge in [-0.1, -0.05) is 59.6 Å². The minimum absolute atomic E-state index is 0.178. The molecule has 1 atom stereocenters. The van der Waals surface area contributed by atoms with Crippen molar-refractivity contribution in [1.82, 2.24) is 0 Å². The number of alkyl halides is 1. The van der Waals surface area contributed by atoms with Crippen LogP contribution >= 0.6 is 27.5 Å². The molecule has 3 heteroatoms. The Labute approximate surface area is 133 Å². The zero-order valence-corrected chi connectivity index (χ0v) is 13.9. The average molecular weight is 356 g/mol.